The van der Waals surface area contributed by atoms with Crippen LogP contribution in [0, 0.1) is 13.8 Å². The molecule has 1 amide bonds. The first kappa shape index (κ1) is 24.8. The van der Waals surface area contributed by atoms with Crippen molar-refractivity contribution >= 4 is 39.9 Å². The lowest BCUT2D eigenvalue weighted by molar-refractivity contribution is -0.132. The number of anilines is 1. The maximum absolute atomic E-state index is 13.3. The lowest BCUT2D eigenvalue weighted by Gasteiger charge is -2.22. The van der Waals surface area contributed by atoms with Gasteiger partial charge in [0.15, 0.2) is 5.13 Å². The molecule has 0 spiro atoms. The Balaban J connectivity index is 1.87. The number of carbonyl (C=O) groups is 3. The molecule has 0 bridgehead atoms. The van der Waals surface area contributed by atoms with Crippen molar-refractivity contribution in [2.45, 2.75) is 19.9 Å². The number of pyridine rings is 1. The Labute approximate surface area is 211 Å². The third-order valence-corrected chi connectivity index (χ3v) is 6.76. The third kappa shape index (κ3) is 4.38. The zero-order valence-electron chi connectivity index (χ0n) is 19.8. The molecule has 1 saturated heterocycles. The number of benzene rings is 1. The van der Waals surface area contributed by atoms with E-state index >= 15 is 0 Å². The summed E-state index contributed by atoms with van der Waals surface area (Å²) in [5, 5.41) is 11.4. The van der Waals surface area contributed by atoms with Crippen LogP contribution in [-0.2, 0) is 14.3 Å². The van der Waals surface area contributed by atoms with Gasteiger partial charge in [-0.25, -0.2) is 9.78 Å². The molecule has 1 atom stereocenters. The highest BCUT2D eigenvalue weighted by Crippen LogP contribution is 2.44. The van der Waals surface area contributed by atoms with E-state index < -0.39 is 23.7 Å². The van der Waals surface area contributed by atoms with Gasteiger partial charge in [-0.15, -0.1) is 0 Å². The fraction of sp³-hybridized carbons (Fsp3) is 0.192. The molecule has 0 saturated carbocycles. The molecule has 1 aliphatic heterocycles. The smallest absolute Gasteiger partial charge is 0.350 e. The molecule has 0 radical (unpaired) electrons. The van der Waals surface area contributed by atoms with E-state index in [0.717, 1.165) is 16.9 Å². The van der Waals surface area contributed by atoms with Crippen LogP contribution in [0.25, 0.3) is 5.76 Å². The number of aryl methyl sites for hydroxylation is 2. The van der Waals surface area contributed by atoms with Gasteiger partial charge in [0.05, 0.1) is 24.4 Å². The van der Waals surface area contributed by atoms with Gasteiger partial charge < -0.3 is 14.6 Å². The van der Waals surface area contributed by atoms with E-state index in [-0.39, 0.29) is 27.9 Å². The van der Waals surface area contributed by atoms with Crippen LogP contribution in [0.3, 0.4) is 0 Å². The lowest BCUT2D eigenvalue weighted by atomic mass is 9.96. The van der Waals surface area contributed by atoms with Gasteiger partial charge in [-0.2, -0.15) is 0 Å². The highest BCUT2D eigenvalue weighted by molar-refractivity contribution is 7.17. The predicted molar refractivity (Wildman–Crippen MR) is 134 cm³/mol. The van der Waals surface area contributed by atoms with Gasteiger partial charge in [0.1, 0.15) is 23.0 Å². The molecule has 1 aromatic carbocycles. The topological polar surface area (TPSA) is 119 Å². The molecule has 4 rings (SSSR count). The monoisotopic (exact) mass is 505 g/mol. The number of rotatable bonds is 7. The summed E-state index contributed by atoms with van der Waals surface area (Å²) < 4.78 is 10.4. The first-order chi connectivity index (χ1) is 17.3. The zero-order valence-corrected chi connectivity index (χ0v) is 20.7. The van der Waals surface area contributed by atoms with Crippen LogP contribution in [0.2, 0.25) is 0 Å². The van der Waals surface area contributed by atoms with Gasteiger partial charge >= 0.3 is 11.9 Å². The van der Waals surface area contributed by atoms with Crippen molar-refractivity contribution < 1.29 is 29.0 Å². The van der Waals surface area contributed by atoms with Gasteiger partial charge in [0, 0.05) is 18.0 Å². The second-order valence-corrected chi connectivity index (χ2v) is 8.92. The minimum absolute atomic E-state index is 0.0208. The van der Waals surface area contributed by atoms with E-state index in [1.54, 1.807) is 50.4 Å². The Morgan fingerprint density at radius 1 is 1.28 bits per heavy atom. The Hall–Kier alpha value is -4.31. The molecule has 3 aromatic rings. The fourth-order valence-corrected chi connectivity index (χ4v) is 4.93. The van der Waals surface area contributed by atoms with Crippen molar-refractivity contribution in [3.63, 3.8) is 0 Å². The maximum atomic E-state index is 13.3. The van der Waals surface area contributed by atoms with Crippen LogP contribution in [0.4, 0.5) is 5.13 Å². The molecular weight excluding hydrogens is 482 g/mol. The molecule has 3 heterocycles. The number of ether oxygens (including phenoxy) is 2. The summed E-state index contributed by atoms with van der Waals surface area (Å²) >= 11 is 0.928. The average molecular weight is 506 g/mol. The summed E-state index contributed by atoms with van der Waals surface area (Å²) in [6.07, 6.45) is 4.51. The lowest BCUT2D eigenvalue weighted by Crippen LogP contribution is -2.29. The van der Waals surface area contributed by atoms with Crippen molar-refractivity contribution in [1.82, 2.24) is 9.97 Å². The number of hydrogen-bond acceptors (Lipinski definition) is 9. The molecule has 10 heteroatoms. The van der Waals surface area contributed by atoms with Crippen LogP contribution in [0.1, 0.15) is 38.1 Å². The van der Waals surface area contributed by atoms with E-state index in [4.69, 9.17) is 9.47 Å². The van der Waals surface area contributed by atoms with Crippen LogP contribution >= 0.6 is 11.3 Å². The largest absolute Gasteiger partial charge is 0.507 e. The van der Waals surface area contributed by atoms with E-state index in [2.05, 4.69) is 16.5 Å². The van der Waals surface area contributed by atoms with Crippen LogP contribution in [0.5, 0.6) is 5.75 Å². The van der Waals surface area contributed by atoms with Crippen molar-refractivity contribution in [2.75, 3.05) is 18.6 Å². The number of methoxy groups -OCH3 is 1. The number of aliphatic hydroxyl groups is 1. The minimum Gasteiger partial charge on any atom is -0.507 e. The second kappa shape index (κ2) is 10.1. The summed E-state index contributed by atoms with van der Waals surface area (Å²) in [4.78, 5) is 48.9. The SMILES string of the molecule is C=CCOC(=O)c1sc(N2C(=O)C(=O)C(=C(O)c3ccc(OC)c(C)c3)[C@@H]2c2cccnc2)nc1C. The fourth-order valence-electron chi connectivity index (χ4n) is 3.94. The summed E-state index contributed by atoms with van der Waals surface area (Å²) in [6, 6.07) is 7.30. The molecule has 184 valence electrons. The van der Waals surface area contributed by atoms with Gasteiger partial charge in [-0.3, -0.25) is 19.5 Å². The summed E-state index contributed by atoms with van der Waals surface area (Å²) in [7, 11) is 1.53. The molecular formula is C26H23N3O6S. The quantitative estimate of drug-likeness (QED) is 0.167. The normalized spacial score (nSPS) is 16.8. The molecule has 9 nitrogen and oxygen atoms in total. The average Bonchev–Trinajstić information content (AvgIpc) is 3.39. The highest BCUT2D eigenvalue weighted by atomic mass is 32.1. The summed E-state index contributed by atoms with van der Waals surface area (Å²) in [5.74, 6) is -2.09. The molecule has 1 aliphatic rings. The van der Waals surface area contributed by atoms with E-state index in [1.807, 2.05) is 0 Å². The molecule has 0 aliphatic carbocycles. The van der Waals surface area contributed by atoms with Crippen molar-refractivity contribution in [2.24, 2.45) is 0 Å². The van der Waals surface area contributed by atoms with Crippen molar-refractivity contribution in [3.8, 4) is 5.75 Å². The highest BCUT2D eigenvalue weighted by Gasteiger charge is 2.48. The Morgan fingerprint density at radius 2 is 2.06 bits per heavy atom. The van der Waals surface area contributed by atoms with Crippen LogP contribution in [-0.4, -0.2) is 46.5 Å². The first-order valence-electron chi connectivity index (χ1n) is 10.9. The van der Waals surface area contributed by atoms with Gasteiger partial charge in [-0.1, -0.05) is 30.1 Å². The third-order valence-electron chi connectivity index (χ3n) is 5.62. The van der Waals surface area contributed by atoms with E-state index in [1.165, 1.54) is 24.3 Å². The maximum Gasteiger partial charge on any atom is 0.350 e. The number of aromatic nitrogens is 2. The Bertz CT molecular complexity index is 1400. The number of aliphatic hydroxyl groups excluding tert-OH is 1. The van der Waals surface area contributed by atoms with E-state index in [0.29, 0.717) is 22.6 Å². The molecule has 1 N–H and O–H groups in total. The molecule has 0 unspecified atom stereocenters. The number of nitrogens with zero attached hydrogens (tertiary/aromatic N) is 3. The summed E-state index contributed by atoms with van der Waals surface area (Å²) in [5.41, 5.74) is 1.83. The number of Topliss-reactive ketones (excluding diaryl/α,β-unsaturated/α-hetero) is 1. The predicted octanol–water partition coefficient (Wildman–Crippen LogP) is 4.13. The number of esters is 1. The van der Waals surface area contributed by atoms with E-state index in [9.17, 15) is 19.5 Å². The Morgan fingerprint density at radius 3 is 2.69 bits per heavy atom. The number of amides is 1. The Kier molecular flexibility index (Phi) is 6.98. The molecule has 1 fully saturated rings. The zero-order chi connectivity index (χ0) is 26.0. The number of hydrogen-bond donors (Lipinski definition) is 1. The first-order valence-corrected chi connectivity index (χ1v) is 11.7. The standard InChI is InChI=1S/C26H23N3O6S/c1-5-11-35-25(33)23-15(3)28-26(36-23)29-20(17-7-6-10-27-13-17)19(22(31)24(29)32)21(30)16-8-9-18(34-4)14(2)12-16/h5-10,12-13,20,30H,1,11H2,2-4H3/t20-/m0/s1. The summed E-state index contributed by atoms with van der Waals surface area (Å²) in [6.45, 7) is 6.96. The minimum atomic E-state index is -1.01. The number of thiazole rings is 1. The van der Waals surface area contributed by atoms with Gasteiger partial charge in [-0.05, 0) is 49.2 Å². The molecule has 36 heavy (non-hydrogen) atoms. The van der Waals surface area contributed by atoms with Crippen molar-refractivity contribution in [1.29, 1.82) is 0 Å². The van der Waals surface area contributed by atoms with Crippen molar-refractivity contribution in [3.05, 3.63) is 88.2 Å². The number of ketones is 1. The van der Waals surface area contributed by atoms with Gasteiger partial charge in [0.2, 0.25) is 0 Å². The second-order valence-electron chi connectivity index (χ2n) is 7.94. The van der Waals surface area contributed by atoms with Crippen LogP contribution < -0.4 is 9.64 Å². The van der Waals surface area contributed by atoms with Crippen LogP contribution in [0.15, 0.2) is 61.0 Å². The number of carbonyl (C=O) groups excluding carboxylic acids is 3. The molecule has 2 aromatic heterocycles. The van der Waals surface area contributed by atoms with Gasteiger partial charge in [0.25, 0.3) is 5.78 Å².